The zero-order chi connectivity index (χ0) is 13.2. The van der Waals surface area contributed by atoms with Gasteiger partial charge in [0.15, 0.2) is 0 Å². The zero-order valence-electron chi connectivity index (χ0n) is 9.47. The lowest BCUT2D eigenvalue weighted by Gasteiger charge is -2.06. The summed E-state index contributed by atoms with van der Waals surface area (Å²) in [7, 11) is -3.77. The van der Waals surface area contributed by atoms with E-state index in [1.807, 2.05) is 0 Å². The van der Waals surface area contributed by atoms with Crippen LogP contribution in [0, 0.1) is 0 Å². The Morgan fingerprint density at radius 2 is 2.11 bits per heavy atom. The molecule has 0 spiro atoms. The zero-order valence-corrected chi connectivity index (χ0v) is 10.3. The molecule has 1 heterocycles. The van der Waals surface area contributed by atoms with Gasteiger partial charge in [0.1, 0.15) is 0 Å². The van der Waals surface area contributed by atoms with Crippen molar-refractivity contribution < 1.29 is 13.2 Å². The van der Waals surface area contributed by atoms with Crippen LogP contribution in [-0.4, -0.2) is 31.9 Å². The molecule has 3 N–H and O–H groups in total. The molecule has 0 atom stereocenters. The van der Waals surface area contributed by atoms with E-state index in [4.69, 9.17) is 0 Å². The monoisotopic (exact) mass is 271 g/mol. The van der Waals surface area contributed by atoms with Crippen molar-refractivity contribution in [3.05, 3.63) is 28.7 Å². The van der Waals surface area contributed by atoms with Crippen molar-refractivity contribution in [1.82, 2.24) is 15.0 Å². The second kappa shape index (κ2) is 4.91. The minimum Gasteiger partial charge on any atom is -0.352 e. The summed E-state index contributed by atoms with van der Waals surface area (Å²) >= 11 is 0. The van der Waals surface area contributed by atoms with E-state index < -0.39 is 10.0 Å². The van der Waals surface area contributed by atoms with Crippen LogP contribution in [0.15, 0.2) is 28.0 Å². The Kier molecular flexibility index (Phi) is 3.48. The van der Waals surface area contributed by atoms with Crippen LogP contribution in [0.25, 0.3) is 0 Å². The van der Waals surface area contributed by atoms with Crippen LogP contribution in [0.2, 0.25) is 0 Å². The average molecular weight is 271 g/mol. The maximum atomic E-state index is 11.7. The molecule has 7 nitrogen and oxygen atoms in total. The van der Waals surface area contributed by atoms with Crippen molar-refractivity contribution in [3.8, 4) is 0 Å². The highest BCUT2D eigenvalue weighted by atomic mass is 32.2. The van der Waals surface area contributed by atoms with Crippen molar-refractivity contribution >= 4 is 15.9 Å². The topological polar surface area (TPSA) is 108 Å². The summed E-state index contributed by atoms with van der Waals surface area (Å²) in [6, 6.07) is 2.48. The summed E-state index contributed by atoms with van der Waals surface area (Å²) in [5, 5.41) is 2.66. The van der Waals surface area contributed by atoms with Gasteiger partial charge in [-0.05, 0) is 18.9 Å². The number of carbonyl (C=O) groups excluding carboxylic acids is 1. The third-order valence-electron chi connectivity index (χ3n) is 2.43. The summed E-state index contributed by atoms with van der Waals surface area (Å²) < 4.78 is 25.6. The van der Waals surface area contributed by atoms with Gasteiger partial charge in [0.2, 0.25) is 21.5 Å². The van der Waals surface area contributed by atoms with Gasteiger partial charge in [-0.3, -0.25) is 9.59 Å². The first kappa shape index (κ1) is 12.8. The number of pyridine rings is 1. The lowest BCUT2D eigenvalue weighted by molar-refractivity contribution is -0.120. The second-order valence-electron chi connectivity index (χ2n) is 4.05. The Labute approximate surface area is 104 Å². The van der Waals surface area contributed by atoms with Crippen molar-refractivity contribution in [2.24, 2.45) is 0 Å². The Bertz CT molecular complexity index is 583. The first-order valence-corrected chi connectivity index (χ1v) is 6.93. The normalized spacial score (nSPS) is 15.3. The minimum absolute atomic E-state index is 0.0821. The van der Waals surface area contributed by atoms with E-state index in [2.05, 4.69) is 15.0 Å². The lowest BCUT2D eigenvalue weighted by atomic mass is 10.5. The Hall–Kier alpha value is -1.67. The van der Waals surface area contributed by atoms with Crippen molar-refractivity contribution in [3.63, 3.8) is 0 Å². The van der Waals surface area contributed by atoms with E-state index >= 15 is 0 Å². The van der Waals surface area contributed by atoms with E-state index in [9.17, 15) is 18.0 Å². The number of aromatic nitrogens is 1. The predicted molar refractivity (Wildman–Crippen MR) is 63.4 cm³/mol. The van der Waals surface area contributed by atoms with Gasteiger partial charge in [0, 0.05) is 18.3 Å². The fourth-order valence-electron chi connectivity index (χ4n) is 1.31. The molecule has 0 bridgehead atoms. The molecule has 0 radical (unpaired) electrons. The molecule has 0 unspecified atom stereocenters. The van der Waals surface area contributed by atoms with Gasteiger partial charge in [0.25, 0.3) is 0 Å². The van der Waals surface area contributed by atoms with Crippen LogP contribution < -0.4 is 15.6 Å². The third-order valence-corrected chi connectivity index (χ3v) is 3.83. The molecule has 1 aromatic heterocycles. The standard InChI is InChI=1S/C10H13N3O4S/c14-9-4-3-8(5-11-9)18(16,17)12-6-10(15)13-7-1-2-7/h3-5,7,12H,1-2,6H2,(H,11,14)(H,13,15). The summed E-state index contributed by atoms with van der Waals surface area (Å²) in [6.07, 6.45) is 2.97. The molecule has 1 amide bonds. The molecule has 0 aromatic carbocycles. The number of H-pyrrole nitrogens is 1. The van der Waals surface area contributed by atoms with Crippen molar-refractivity contribution in [2.75, 3.05) is 6.54 Å². The molecule has 1 fully saturated rings. The van der Waals surface area contributed by atoms with Crippen LogP contribution in [0.3, 0.4) is 0 Å². The quantitative estimate of drug-likeness (QED) is 0.633. The summed E-state index contributed by atoms with van der Waals surface area (Å²) in [5.41, 5.74) is -0.388. The summed E-state index contributed by atoms with van der Waals surface area (Å²) in [6.45, 7) is -0.308. The minimum atomic E-state index is -3.77. The van der Waals surface area contributed by atoms with E-state index in [1.54, 1.807) is 0 Å². The van der Waals surface area contributed by atoms with Crippen LogP contribution in [-0.2, 0) is 14.8 Å². The molecule has 0 saturated heterocycles. The highest BCUT2D eigenvalue weighted by Gasteiger charge is 2.24. The van der Waals surface area contributed by atoms with Gasteiger partial charge < -0.3 is 10.3 Å². The van der Waals surface area contributed by atoms with Gasteiger partial charge >= 0.3 is 0 Å². The van der Waals surface area contributed by atoms with Crippen LogP contribution in [0.4, 0.5) is 0 Å². The van der Waals surface area contributed by atoms with Gasteiger partial charge in [-0.2, -0.15) is 0 Å². The van der Waals surface area contributed by atoms with Crippen molar-refractivity contribution in [2.45, 2.75) is 23.8 Å². The highest BCUT2D eigenvalue weighted by Crippen LogP contribution is 2.18. The van der Waals surface area contributed by atoms with Crippen LogP contribution in [0.5, 0.6) is 0 Å². The van der Waals surface area contributed by atoms with E-state index in [0.29, 0.717) is 0 Å². The fraction of sp³-hybridized carbons (Fsp3) is 0.400. The molecule has 1 saturated carbocycles. The predicted octanol–water partition coefficient (Wildman–Crippen LogP) is -1.07. The number of hydrogen-bond donors (Lipinski definition) is 3. The molecule has 0 aliphatic heterocycles. The molecular weight excluding hydrogens is 258 g/mol. The van der Waals surface area contributed by atoms with Gasteiger partial charge in [-0.15, -0.1) is 0 Å². The number of nitrogens with one attached hydrogen (secondary N) is 3. The van der Waals surface area contributed by atoms with Crippen LogP contribution >= 0.6 is 0 Å². The van der Waals surface area contributed by atoms with Gasteiger partial charge in [-0.1, -0.05) is 0 Å². The first-order chi connectivity index (χ1) is 8.47. The second-order valence-corrected chi connectivity index (χ2v) is 5.82. The summed E-state index contributed by atoms with van der Waals surface area (Å²) in [5.74, 6) is -0.356. The largest absolute Gasteiger partial charge is 0.352 e. The fourth-order valence-corrected chi connectivity index (χ4v) is 2.26. The third kappa shape index (κ3) is 3.41. The molecule has 2 rings (SSSR count). The molecule has 1 aromatic rings. The molecule has 8 heteroatoms. The van der Waals surface area contributed by atoms with Crippen LogP contribution in [0.1, 0.15) is 12.8 Å². The molecule has 18 heavy (non-hydrogen) atoms. The number of hydrogen-bond acceptors (Lipinski definition) is 4. The maximum absolute atomic E-state index is 11.7. The molecule has 1 aliphatic rings. The van der Waals surface area contributed by atoms with Crippen molar-refractivity contribution in [1.29, 1.82) is 0 Å². The number of aromatic amines is 1. The Morgan fingerprint density at radius 1 is 1.39 bits per heavy atom. The SMILES string of the molecule is O=C(CNS(=O)(=O)c1ccc(=O)[nH]c1)NC1CC1. The molecular formula is C10H13N3O4S. The number of rotatable bonds is 5. The number of sulfonamides is 1. The average Bonchev–Trinajstić information content (AvgIpc) is 3.11. The maximum Gasteiger partial charge on any atom is 0.247 e. The number of carbonyl (C=O) groups is 1. The lowest BCUT2D eigenvalue weighted by Crippen LogP contribution is -2.37. The van der Waals surface area contributed by atoms with E-state index in [-0.39, 0.29) is 28.9 Å². The summed E-state index contributed by atoms with van der Waals surface area (Å²) in [4.78, 5) is 24.3. The van der Waals surface area contributed by atoms with Gasteiger partial charge in [0.05, 0.1) is 11.4 Å². The van der Waals surface area contributed by atoms with Gasteiger partial charge in [-0.25, -0.2) is 13.1 Å². The smallest absolute Gasteiger partial charge is 0.247 e. The Balaban J connectivity index is 1.96. The highest BCUT2D eigenvalue weighted by molar-refractivity contribution is 7.89. The van der Waals surface area contributed by atoms with E-state index in [1.165, 1.54) is 6.07 Å². The Morgan fingerprint density at radius 3 is 2.67 bits per heavy atom. The molecule has 1 aliphatic carbocycles. The molecule has 98 valence electrons. The first-order valence-electron chi connectivity index (χ1n) is 5.45. The number of amides is 1. The van der Waals surface area contributed by atoms with E-state index in [0.717, 1.165) is 25.1 Å².